The first kappa shape index (κ1) is 27.0. The van der Waals surface area contributed by atoms with Crippen molar-refractivity contribution < 1.29 is 23.5 Å². The topological polar surface area (TPSA) is 123 Å². The zero-order valence-electron chi connectivity index (χ0n) is 21.2. The molecule has 0 bridgehead atoms. The van der Waals surface area contributed by atoms with Crippen LogP contribution >= 0.6 is 11.8 Å². The van der Waals surface area contributed by atoms with Crippen molar-refractivity contribution in [1.82, 2.24) is 4.98 Å². The van der Waals surface area contributed by atoms with Gasteiger partial charge in [-0.1, -0.05) is 18.2 Å². The lowest BCUT2D eigenvalue weighted by atomic mass is 9.95. The minimum absolute atomic E-state index is 0.0239. The van der Waals surface area contributed by atoms with Gasteiger partial charge in [0.2, 0.25) is 0 Å². The monoisotopic (exact) mass is 556 g/mol. The van der Waals surface area contributed by atoms with Crippen LogP contribution in [0.4, 0.5) is 15.8 Å². The van der Waals surface area contributed by atoms with E-state index in [0.717, 1.165) is 16.7 Å². The summed E-state index contributed by atoms with van der Waals surface area (Å²) in [5, 5.41) is 5.23. The SMILES string of the molecule is NCc1ccc(C(=O)Nc2ccncc2F)cc1-c1cccc(C(=O)Nc2ccc(SC3CCOC3=O)cc2)c1. The van der Waals surface area contributed by atoms with Crippen LogP contribution < -0.4 is 16.4 Å². The van der Waals surface area contributed by atoms with Crippen LogP contribution in [-0.4, -0.2) is 34.6 Å². The van der Waals surface area contributed by atoms with E-state index in [4.69, 9.17) is 10.5 Å². The van der Waals surface area contributed by atoms with E-state index < -0.39 is 11.7 Å². The summed E-state index contributed by atoms with van der Waals surface area (Å²) in [6, 6.07) is 20.7. The number of thioether (sulfide) groups is 1. The summed E-state index contributed by atoms with van der Waals surface area (Å²) >= 11 is 1.44. The Hall–Kier alpha value is -4.54. The van der Waals surface area contributed by atoms with Gasteiger partial charge >= 0.3 is 5.97 Å². The van der Waals surface area contributed by atoms with E-state index in [-0.39, 0.29) is 29.4 Å². The molecule has 4 N–H and O–H groups in total. The number of anilines is 2. The van der Waals surface area contributed by atoms with Crippen LogP contribution in [0.2, 0.25) is 0 Å². The molecule has 10 heteroatoms. The van der Waals surface area contributed by atoms with Crippen molar-refractivity contribution in [2.75, 3.05) is 17.2 Å². The standard InChI is InChI=1S/C30H25FN4O4S/c31-25-17-33-12-10-26(25)35-29(37)20-4-5-21(16-32)24(15-20)18-2-1-3-19(14-18)28(36)34-22-6-8-23(9-7-22)40-27-11-13-39-30(27)38/h1-10,12,14-15,17,27H,11,13,16,32H2,(H,34,36)(H,33,35,37). The van der Waals surface area contributed by atoms with Crippen molar-refractivity contribution in [1.29, 1.82) is 0 Å². The largest absolute Gasteiger partial charge is 0.465 e. The Balaban J connectivity index is 1.32. The van der Waals surface area contributed by atoms with Gasteiger partial charge in [0, 0.05) is 40.9 Å². The predicted molar refractivity (Wildman–Crippen MR) is 152 cm³/mol. The minimum atomic E-state index is -0.639. The number of nitrogens with two attached hydrogens (primary N) is 1. The number of benzene rings is 3. The minimum Gasteiger partial charge on any atom is -0.465 e. The van der Waals surface area contributed by atoms with E-state index in [9.17, 15) is 18.8 Å². The molecule has 1 aliphatic rings. The quantitative estimate of drug-likeness (QED) is 0.253. The molecular formula is C30H25FN4O4S. The number of halogens is 1. The maximum atomic E-state index is 14.0. The molecule has 1 aliphatic heterocycles. The number of carbonyl (C=O) groups excluding carboxylic acids is 3. The molecule has 1 saturated heterocycles. The van der Waals surface area contributed by atoms with E-state index in [0.29, 0.717) is 41.0 Å². The average molecular weight is 557 g/mol. The Morgan fingerprint density at radius 3 is 2.50 bits per heavy atom. The van der Waals surface area contributed by atoms with Crippen LogP contribution in [0.1, 0.15) is 32.7 Å². The molecule has 1 atom stereocenters. The number of nitrogens with one attached hydrogen (secondary N) is 2. The lowest BCUT2D eigenvalue weighted by Gasteiger charge is -2.13. The number of nitrogens with zero attached hydrogens (tertiary/aromatic N) is 1. The van der Waals surface area contributed by atoms with Gasteiger partial charge in [-0.15, -0.1) is 11.8 Å². The van der Waals surface area contributed by atoms with E-state index in [2.05, 4.69) is 15.6 Å². The number of aromatic nitrogens is 1. The maximum absolute atomic E-state index is 14.0. The Morgan fingerprint density at radius 1 is 1.00 bits per heavy atom. The Morgan fingerprint density at radius 2 is 1.77 bits per heavy atom. The molecule has 1 unspecified atom stereocenters. The number of esters is 1. The highest BCUT2D eigenvalue weighted by molar-refractivity contribution is 8.00. The molecule has 202 valence electrons. The lowest BCUT2D eigenvalue weighted by molar-refractivity contribution is -0.137. The van der Waals surface area contributed by atoms with E-state index in [1.807, 2.05) is 18.2 Å². The molecule has 0 aliphatic carbocycles. The lowest BCUT2D eigenvalue weighted by Crippen LogP contribution is -2.14. The van der Waals surface area contributed by atoms with Crippen molar-refractivity contribution >= 4 is 40.9 Å². The Bertz CT molecular complexity index is 1580. The van der Waals surface area contributed by atoms with Gasteiger partial charge in [0.05, 0.1) is 18.5 Å². The molecule has 0 radical (unpaired) electrons. The van der Waals surface area contributed by atoms with Crippen molar-refractivity contribution in [3.8, 4) is 11.1 Å². The molecule has 0 saturated carbocycles. The molecule has 3 aromatic carbocycles. The molecule has 5 rings (SSSR count). The summed E-state index contributed by atoms with van der Waals surface area (Å²) in [5.74, 6) is -1.64. The van der Waals surface area contributed by atoms with Gasteiger partial charge in [0.25, 0.3) is 11.8 Å². The van der Waals surface area contributed by atoms with Gasteiger partial charge in [-0.3, -0.25) is 19.4 Å². The first-order chi connectivity index (χ1) is 19.4. The molecule has 0 spiro atoms. The van der Waals surface area contributed by atoms with Crippen molar-refractivity contribution in [3.63, 3.8) is 0 Å². The second-order valence-corrected chi connectivity index (χ2v) is 10.3. The third kappa shape index (κ3) is 6.19. The van der Waals surface area contributed by atoms with Crippen LogP contribution in [0.5, 0.6) is 0 Å². The predicted octanol–water partition coefficient (Wildman–Crippen LogP) is 5.26. The first-order valence-corrected chi connectivity index (χ1v) is 13.4. The number of hydrogen-bond acceptors (Lipinski definition) is 7. The highest BCUT2D eigenvalue weighted by Crippen LogP contribution is 2.31. The molecule has 4 aromatic rings. The summed E-state index contributed by atoms with van der Waals surface area (Å²) in [7, 11) is 0. The maximum Gasteiger partial charge on any atom is 0.319 e. The summed E-state index contributed by atoms with van der Waals surface area (Å²) in [6.07, 6.45) is 3.09. The fraction of sp³-hybridized carbons (Fsp3) is 0.133. The fourth-order valence-electron chi connectivity index (χ4n) is 4.23. The number of ether oxygens (including phenoxy) is 1. The molecule has 2 amide bonds. The summed E-state index contributed by atoms with van der Waals surface area (Å²) in [6.45, 7) is 0.662. The zero-order valence-corrected chi connectivity index (χ0v) is 22.0. The van der Waals surface area contributed by atoms with E-state index in [1.54, 1.807) is 48.5 Å². The van der Waals surface area contributed by atoms with Gasteiger partial charge in [0.1, 0.15) is 5.25 Å². The van der Waals surface area contributed by atoms with Gasteiger partial charge < -0.3 is 21.1 Å². The Labute approximate surface area is 234 Å². The van der Waals surface area contributed by atoms with Crippen molar-refractivity contribution in [3.05, 3.63) is 108 Å². The number of carbonyl (C=O) groups is 3. The van der Waals surface area contributed by atoms with Crippen LogP contribution in [0.15, 0.2) is 90.1 Å². The normalized spacial score (nSPS) is 14.4. The van der Waals surface area contributed by atoms with Crippen LogP contribution in [0.3, 0.4) is 0 Å². The summed E-state index contributed by atoms with van der Waals surface area (Å²) in [4.78, 5) is 42.2. The first-order valence-electron chi connectivity index (χ1n) is 12.5. The van der Waals surface area contributed by atoms with Crippen LogP contribution in [-0.2, 0) is 16.1 Å². The van der Waals surface area contributed by atoms with Crippen LogP contribution in [0.25, 0.3) is 11.1 Å². The molecule has 1 aromatic heterocycles. The smallest absolute Gasteiger partial charge is 0.319 e. The molecule has 2 heterocycles. The number of cyclic esters (lactones) is 1. The highest BCUT2D eigenvalue weighted by atomic mass is 32.2. The molecular weight excluding hydrogens is 531 g/mol. The van der Waals surface area contributed by atoms with Crippen molar-refractivity contribution in [2.45, 2.75) is 23.1 Å². The summed E-state index contributed by atoms with van der Waals surface area (Å²) < 4.78 is 19.0. The number of pyridine rings is 1. The van der Waals surface area contributed by atoms with Crippen molar-refractivity contribution in [2.24, 2.45) is 5.73 Å². The number of rotatable bonds is 8. The second-order valence-electron chi connectivity index (χ2n) is 9.01. The average Bonchev–Trinajstić information content (AvgIpc) is 3.38. The van der Waals surface area contributed by atoms with Gasteiger partial charge in [-0.05, 0) is 71.3 Å². The second kappa shape index (κ2) is 12.1. The van der Waals surface area contributed by atoms with Gasteiger partial charge in [-0.2, -0.15) is 0 Å². The van der Waals surface area contributed by atoms with Gasteiger partial charge in [-0.25, -0.2) is 4.39 Å². The molecule has 1 fully saturated rings. The third-order valence-corrected chi connectivity index (χ3v) is 7.58. The summed E-state index contributed by atoms with van der Waals surface area (Å²) in [5.41, 5.74) is 9.49. The van der Waals surface area contributed by atoms with Crippen LogP contribution in [0, 0.1) is 5.82 Å². The fourth-order valence-corrected chi connectivity index (χ4v) is 5.23. The Kier molecular flexibility index (Phi) is 8.18. The third-order valence-electron chi connectivity index (χ3n) is 6.33. The van der Waals surface area contributed by atoms with E-state index >= 15 is 0 Å². The number of hydrogen-bond donors (Lipinski definition) is 3. The molecule has 40 heavy (non-hydrogen) atoms. The highest BCUT2D eigenvalue weighted by Gasteiger charge is 2.27. The van der Waals surface area contributed by atoms with Gasteiger partial charge in [0.15, 0.2) is 5.82 Å². The van der Waals surface area contributed by atoms with E-state index in [1.165, 1.54) is 24.0 Å². The zero-order chi connectivity index (χ0) is 28.1. The molecule has 8 nitrogen and oxygen atoms in total. The number of amides is 2.